The third-order valence-corrected chi connectivity index (χ3v) is 4.05. The van der Waals surface area contributed by atoms with Crippen molar-refractivity contribution in [1.82, 2.24) is 0 Å². The Morgan fingerprint density at radius 2 is 1.30 bits per heavy atom. The highest BCUT2D eigenvalue weighted by atomic mass is 16.6. The largest absolute Gasteiger partial charge is 0.451 e. The van der Waals surface area contributed by atoms with Crippen molar-refractivity contribution in [1.29, 1.82) is 0 Å². The molecular formula is C18H26O5. The average molecular weight is 322 g/mol. The summed E-state index contributed by atoms with van der Waals surface area (Å²) in [6.45, 7) is 16.2. The summed E-state index contributed by atoms with van der Waals surface area (Å²) in [5.74, 6) is -1.52. The third kappa shape index (κ3) is 5.05. The standard InChI is InChI=1S/C18H26O5/c1-10(2)16(20)22-13-8-12(18(5,6)7)9-14(15(13)19)23-17(21)11(3)4/h12-14H,1,3,8-9H2,2,4-7H3/t12?,13-,14+. The van der Waals surface area contributed by atoms with E-state index in [0.717, 1.165) is 0 Å². The molecule has 0 spiro atoms. The normalized spacial score (nSPS) is 24.7. The molecule has 0 saturated heterocycles. The highest BCUT2D eigenvalue weighted by molar-refractivity contribution is 5.96. The number of carbonyl (C=O) groups excluding carboxylic acids is 3. The van der Waals surface area contributed by atoms with Gasteiger partial charge in [-0.2, -0.15) is 0 Å². The van der Waals surface area contributed by atoms with E-state index in [2.05, 4.69) is 13.2 Å². The Bertz CT molecular complexity index is 498. The quantitative estimate of drug-likeness (QED) is 0.588. The van der Waals surface area contributed by atoms with Gasteiger partial charge in [0.25, 0.3) is 0 Å². The summed E-state index contributed by atoms with van der Waals surface area (Å²) >= 11 is 0. The number of Topliss-reactive ketones (excluding diaryl/α,β-unsaturated/α-hetero) is 1. The van der Waals surface area contributed by atoms with Gasteiger partial charge in [0.05, 0.1) is 0 Å². The van der Waals surface area contributed by atoms with Gasteiger partial charge < -0.3 is 9.47 Å². The summed E-state index contributed by atoms with van der Waals surface area (Å²) in [6, 6.07) is 0. The molecule has 0 heterocycles. The van der Waals surface area contributed by atoms with E-state index < -0.39 is 24.1 Å². The maximum atomic E-state index is 12.5. The molecule has 0 bridgehead atoms. The van der Waals surface area contributed by atoms with Crippen LogP contribution in [0.1, 0.15) is 47.5 Å². The maximum Gasteiger partial charge on any atom is 0.333 e. The summed E-state index contributed by atoms with van der Waals surface area (Å²) in [5, 5.41) is 0. The fraction of sp³-hybridized carbons (Fsp3) is 0.611. The molecule has 0 aromatic heterocycles. The van der Waals surface area contributed by atoms with Crippen molar-refractivity contribution in [3.05, 3.63) is 24.3 Å². The van der Waals surface area contributed by atoms with E-state index in [4.69, 9.17) is 9.47 Å². The molecule has 5 nitrogen and oxygen atoms in total. The molecule has 1 unspecified atom stereocenters. The van der Waals surface area contributed by atoms with Crippen LogP contribution in [0.4, 0.5) is 0 Å². The molecule has 5 heteroatoms. The number of hydrogen-bond donors (Lipinski definition) is 0. The zero-order valence-electron chi connectivity index (χ0n) is 14.6. The molecule has 0 aliphatic heterocycles. The minimum atomic E-state index is -0.917. The second kappa shape index (κ2) is 7.11. The molecule has 0 amide bonds. The van der Waals surface area contributed by atoms with Crippen molar-refractivity contribution in [3.8, 4) is 0 Å². The van der Waals surface area contributed by atoms with E-state index in [-0.39, 0.29) is 28.3 Å². The lowest BCUT2D eigenvalue weighted by Gasteiger charge is -2.39. The number of rotatable bonds is 4. The van der Waals surface area contributed by atoms with Gasteiger partial charge in [0.2, 0.25) is 5.78 Å². The van der Waals surface area contributed by atoms with Crippen LogP contribution in [0.25, 0.3) is 0 Å². The van der Waals surface area contributed by atoms with Gasteiger partial charge in [-0.3, -0.25) is 4.79 Å². The topological polar surface area (TPSA) is 69.7 Å². The maximum absolute atomic E-state index is 12.5. The van der Waals surface area contributed by atoms with Gasteiger partial charge in [-0.1, -0.05) is 33.9 Å². The van der Waals surface area contributed by atoms with Gasteiger partial charge in [-0.25, -0.2) is 9.59 Å². The second-order valence-corrected chi connectivity index (χ2v) is 7.29. The van der Waals surface area contributed by atoms with Crippen LogP contribution in [-0.2, 0) is 23.9 Å². The Balaban J connectivity index is 2.99. The first kappa shape index (κ1) is 19.1. The Kier molecular flexibility index (Phi) is 5.92. The van der Waals surface area contributed by atoms with Gasteiger partial charge in [-0.15, -0.1) is 0 Å². The monoisotopic (exact) mass is 322 g/mol. The van der Waals surface area contributed by atoms with Crippen LogP contribution >= 0.6 is 0 Å². The lowest BCUT2D eigenvalue weighted by molar-refractivity contribution is -0.168. The lowest BCUT2D eigenvalue weighted by Crippen LogP contribution is -2.47. The van der Waals surface area contributed by atoms with E-state index in [0.29, 0.717) is 12.8 Å². The van der Waals surface area contributed by atoms with Crippen LogP contribution in [0.15, 0.2) is 24.3 Å². The van der Waals surface area contributed by atoms with Crippen LogP contribution < -0.4 is 0 Å². The van der Waals surface area contributed by atoms with E-state index >= 15 is 0 Å². The minimum absolute atomic E-state index is 0.0750. The van der Waals surface area contributed by atoms with Crippen molar-refractivity contribution < 1.29 is 23.9 Å². The molecule has 0 aromatic carbocycles. The van der Waals surface area contributed by atoms with Crippen molar-refractivity contribution in [2.45, 2.75) is 59.7 Å². The van der Waals surface area contributed by atoms with Crippen molar-refractivity contribution in [3.63, 3.8) is 0 Å². The van der Waals surface area contributed by atoms with Gasteiger partial charge in [0.15, 0.2) is 12.2 Å². The number of ether oxygens (including phenoxy) is 2. The predicted molar refractivity (Wildman–Crippen MR) is 86.6 cm³/mol. The van der Waals surface area contributed by atoms with Crippen LogP contribution in [0.3, 0.4) is 0 Å². The number of ketones is 1. The molecule has 1 fully saturated rings. The summed E-state index contributed by atoms with van der Waals surface area (Å²) in [7, 11) is 0. The van der Waals surface area contributed by atoms with Gasteiger partial charge in [-0.05, 0) is 38.0 Å². The summed E-state index contributed by atoms with van der Waals surface area (Å²) < 4.78 is 10.5. The van der Waals surface area contributed by atoms with Crippen LogP contribution in [0.5, 0.6) is 0 Å². The molecule has 0 N–H and O–H groups in total. The summed E-state index contributed by atoms with van der Waals surface area (Å²) in [5.41, 5.74) is 0.347. The highest BCUT2D eigenvalue weighted by Crippen LogP contribution is 2.39. The Morgan fingerprint density at radius 1 is 0.957 bits per heavy atom. The van der Waals surface area contributed by atoms with Crippen LogP contribution in [0.2, 0.25) is 0 Å². The molecule has 128 valence electrons. The zero-order valence-corrected chi connectivity index (χ0v) is 14.6. The van der Waals surface area contributed by atoms with Gasteiger partial charge in [0, 0.05) is 11.1 Å². The number of hydrogen-bond acceptors (Lipinski definition) is 5. The molecule has 1 aliphatic carbocycles. The lowest BCUT2D eigenvalue weighted by atomic mass is 9.70. The van der Waals surface area contributed by atoms with E-state index in [1.807, 2.05) is 20.8 Å². The average Bonchev–Trinajstić information content (AvgIpc) is 2.41. The highest BCUT2D eigenvalue weighted by Gasteiger charge is 2.44. The van der Waals surface area contributed by atoms with E-state index in [1.54, 1.807) is 0 Å². The van der Waals surface area contributed by atoms with Crippen LogP contribution in [-0.4, -0.2) is 29.9 Å². The summed E-state index contributed by atoms with van der Waals surface area (Å²) in [4.78, 5) is 36.0. The molecule has 0 radical (unpaired) electrons. The molecule has 23 heavy (non-hydrogen) atoms. The van der Waals surface area contributed by atoms with Crippen molar-refractivity contribution in [2.75, 3.05) is 0 Å². The van der Waals surface area contributed by atoms with Gasteiger partial charge in [0.1, 0.15) is 0 Å². The number of esters is 2. The third-order valence-electron chi connectivity index (χ3n) is 4.05. The zero-order chi connectivity index (χ0) is 17.9. The smallest absolute Gasteiger partial charge is 0.333 e. The molecular weight excluding hydrogens is 296 g/mol. The Morgan fingerprint density at radius 3 is 1.57 bits per heavy atom. The molecule has 1 rings (SSSR count). The van der Waals surface area contributed by atoms with E-state index in [9.17, 15) is 14.4 Å². The molecule has 3 atom stereocenters. The van der Waals surface area contributed by atoms with Crippen molar-refractivity contribution in [2.24, 2.45) is 11.3 Å². The first-order chi connectivity index (χ1) is 10.4. The SMILES string of the molecule is C=C(C)C(=O)O[C@H]1CC(C(C)(C)C)C[C@@H](OC(=O)C(=C)C)C1=O. The molecule has 1 saturated carbocycles. The van der Waals surface area contributed by atoms with Crippen molar-refractivity contribution >= 4 is 17.7 Å². The predicted octanol–water partition coefficient (Wildman–Crippen LogP) is 2.99. The van der Waals surface area contributed by atoms with Crippen LogP contribution in [0, 0.1) is 11.3 Å². The Labute approximate surface area is 137 Å². The first-order valence-electron chi connectivity index (χ1n) is 7.70. The fourth-order valence-electron chi connectivity index (χ4n) is 2.43. The first-order valence-corrected chi connectivity index (χ1v) is 7.70. The number of carbonyl (C=O) groups is 3. The van der Waals surface area contributed by atoms with Gasteiger partial charge >= 0.3 is 11.9 Å². The fourth-order valence-corrected chi connectivity index (χ4v) is 2.43. The summed E-state index contributed by atoms with van der Waals surface area (Å²) in [6.07, 6.45) is -0.995. The second-order valence-electron chi connectivity index (χ2n) is 7.29. The molecule has 1 aliphatic rings. The van der Waals surface area contributed by atoms with E-state index in [1.165, 1.54) is 13.8 Å². The Hall–Kier alpha value is -1.91. The minimum Gasteiger partial charge on any atom is -0.451 e. The molecule has 0 aromatic rings.